The molecule has 3 atom stereocenters. The molecule has 2 aliphatic carbocycles. The fraction of sp³-hybridized carbons (Fsp3) is 0.600. The van der Waals surface area contributed by atoms with Crippen LogP contribution in [0.3, 0.4) is 0 Å². The molecule has 2 fully saturated rings. The number of ether oxygens (including phenoxy) is 1. The van der Waals surface area contributed by atoms with E-state index in [1.165, 1.54) is 24.8 Å². The summed E-state index contributed by atoms with van der Waals surface area (Å²) in [6, 6.07) is 6.22. The molecule has 2 saturated carbocycles. The SMILES string of the molecule is OC(c1cccc2c1OCC2)C1C2CCCC21. The van der Waals surface area contributed by atoms with Gasteiger partial charge in [-0.3, -0.25) is 0 Å². The lowest BCUT2D eigenvalue weighted by Gasteiger charge is -2.16. The van der Waals surface area contributed by atoms with Crippen LogP contribution in [0.5, 0.6) is 5.75 Å². The highest BCUT2D eigenvalue weighted by molar-refractivity contribution is 5.45. The fourth-order valence-corrected chi connectivity index (χ4v) is 4.03. The maximum absolute atomic E-state index is 10.6. The zero-order valence-corrected chi connectivity index (χ0v) is 9.93. The molecule has 0 saturated heterocycles. The summed E-state index contributed by atoms with van der Waals surface area (Å²) in [5.74, 6) is 3.08. The van der Waals surface area contributed by atoms with E-state index in [-0.39, 0.29) is 6.10 Å². The smallest absolute Gasteiger partial charge is 0.128 e. The largest absolute Gasteiger partial charge is 0.493 e. The minimum atomic E-state index is -0.293. The predicted octanol–water partition coefficient (Wildman–Crippen LogP) is 2.70. The number of para-hydroxylation sites is 1. The Labute approximate surface area is 102 Å². The molecule has 1 N–H and O–H groups in total. The average molecular weight is 230 g/mol. The van der Waals surface area contributed by atoms with E-state index >= 15 is 0 Å². The highest BCUT2D eigenvalue weighted by atomic mass is 16.5. The summed E-state index contributed by atoms with van der Waals surface area (Å²) in [6.45, 7) is 0.774. The fourth-order valence-electron chi connectivity index (χ4n) is 4.03. The van der Waals surface area contributed by atoms with Crippen molar-refractivity contribution in [1.82, 2.24) is 0 Å². The zero-order valence-electron chi connectivity index (χ0n) is 9.93. The van der Waals surface area contributed by atoms with Gasteiger partial charge in [0.05, 0.1) is 12.7 Å². The molecular weight excluding hydrogens is 212 g/mol. The van der Waals surface area contributed by atoms with Crippen molar-refractivity contribution in [3.8, 4) is 5.75 Å². The Bertz CT molecular complexity index is 444. The number of fused-ring (bicyclic) bond motifs is 2. The summed E-state index contributed by atoms with van der Waals surface area (Å²) in [7, 11) is 0. The molecule has 17 heavy (non-hydrogen) atoms. The number of hydrogen-bond acceptors (Lipinski definition) is 2. The number of aliphatic hydroxyl groups excluding tert-OH is 1. The van der Waals surface area contributed by atoms with Crippen LogP contribution in [0.4, 0.5) is 0 Å². The van der Waals surface area contributed by atoms with Crippen LogP contribution in [0.1, 0.15) is 36.5 Å². The van der Waals surface area contributed by atoms with Gasteiger partial charge in [-0.25, -0.2) is 0 Å². The van der Waals surface area contributed by atoms with E-state index in [1.807, 2.05) is 6.07 Å². The molecule has 2 nitrogen and oxygen atoms in total. The summed E-state index contributed by atoms with van der Waals surface area (Å²) in [5.41, 5.74) is 2.31. The molecule has 0 spiro atoms. The van der Waals surface area contributed by atoms with Gasteiger partial charge in [-0.1, -0.05) is 24.6 Å². The monoisotopic (exact) mass is 230 g/mol. The average Bonchev–Trinajstić information content (AvgIpc) is 2.77. The molecule has 1 heterocycles. The van der Waals surface area contributed by atoms with Crippen LogP contribution < -0.4 is 4.74 Å². The molecule has 4 rings (SSSR count). The molecule has 1 aromatic carbocycles. The molecule has 2 heteroatoms. The predicted molar refractivity (Wildman–Crippen MR) is 64.9 cm³/mol. The molecule has 0 bridgehead atoms. The molecule has 1 aliphatic heterocycles. The molecular formula is C15H18O2. The van der Waals surface area contributed by atoms with Crippen molar-refractivity contribution >= 4 is 0 Å². The van der Waals surface area contributed by atoms with Crippen LogP contribution in [0.15, 0.2) is 18.2 Å². The van der Waals surface area contributed by atoms with Crippen LogP contribution in [0.2, 0.25) is 0 Å². The number of aliphatic hydroxyl groups is 1. The van der Waals surface area contributed by atoms with Crippen molar-refractivity contribution in [3.05, 3.63) is 29.3 Å². The van der Waals surface area contributed by atoms with Gasteiger partial charge in [0.1, 0.15) is 5.75 Å². The van der Waals surface area contributed by atoms with E-state index < -0.39 is 0 Å². The van der Waals surface area contributed by atoms with Gasteiger partial charge in [-0.2, -0.15) is 0 Å². The van der Waals surface area contributed by atoms with E-state index in [0.717, 1.165) is 36.2 Å². The molecule has 3 unspecified atom stereocenters. The van der Waals surface area contributed by atoms with Gasteiger partial charge in [0, 0.05) is 12.0 Å². The molecule has 90 valence electrons. The number of rotatable bonds is 2. The molecule has 1 aromatic rings. The highest BCUT2D eigenvalue weighted by Gasteiger charge is 2.56. The van der Waals surface area contributed by atoms with Crippen molar-refractivity contribution in [2.75, 3.05) is 6.61 Å². The summed E-state index contributed by atoms with van der Waals surface area (Å²) in [4.78, 5) is 0. The molecule has 3 aliphatic rings. The standard InChI is InChI=1S/C15H18O2/c16-14(13-10-4-2-5-11(10)13)12-6-1-3-9-7-8-17-15(9)12/h1,3,6,10-11,13-14,16H,2,4-5,7-8H2. The lowest BCUT2D eigenvalue weighted by molar-refractivity contribution is 0.133. The Hall–Kier alpha value is -1.02. The van der Waals surface area contributed by atoms with Crippen LogP contribution in [0.25, 0.3) is 0 Å². The second-order valence-electron chi connectivity index (χ2n) is 5.71. The third kappa shape index (κ3) is 1.37. The maximum atomic E-state index is 10.6. The number of benzene rings is 1. The summed E-state index contributed by atoms with van der Waals surface area (Å²) in [6.07, 6.45) is 4.71. The highest BCUT2D eigenvalue weighted by Crippen LogP contribution is 2.62. The van der Waals surface area contributed by atoms with Crippen LogP contribution >= 0.6 is 0 Å². The minimum Gasteiger partial charge on any atom is -0.493 e. The van der Waals surface area contributed by atoms with E-state index in [4.69, 9.17) is 4.74 Å². The van der Waals surface area contributed by atoms with Crippen LogP contribution in [0, 0.1) is 17.8 Å². The van der Waals surface area contributed by atoms with Crippen LogP contribution in [-0.2, 0) is 6.42 Å². The Morgan fingerprint density at radius 2 is 2.06 bits per heavy atom. The first-order valence-electron chi connectivity index (χ1n) is 6.79. The first-order valence-corrected chi connectivity index (χ1v) is 6.79. The lowest BCUT2D eigenvalue weighted by Crippen LogP contribution is -2.06. The summed E-state index contributed by atoms with van der Waals surface area (Å²) in [5, 5.41) is 10.6. The summed E-state index contributed by atoms with van der Waals surface area (Å²) < 4.78 is 5.69. The lowest BCUT2D eigenvalue weighted by atomic mass is 9.97. The topological polar surface area (TPSA) is 29.5 Å². The third-order valence-corrected chi connectivity index (χ3v) is 4.90. The van der Waals surface area contributed by atoms with E-state index in [2.05, 4.69) is 12.1 Å². The molecule has 0 aromatic heterocycles. The normalized spacial score (nSPS) is 35.0. The van der Waals surface area contributed by atoms with Gasteiger partial charge >= 0.3 is 0 Å². The van der Waals surface area contributed by atoms with Gasteiger partial charge in [0.15, 0.2) is 0 Å². The maximum Gasteiger partial charge on any atom is 0.128 e. The second kappa shape index (κ2) is 3.49. The number of hydrogen-bond donors (Lipinski definition) is 1. The van der Waals surface area contributed by atoms with E-state index in [0.29, 0.717) is 5.92 Å². The van der Waals surface area contributed by atoms with E-state index in [9.17, 15) is 5.11 Å². The zero-order chi connectivity index (χ0) is 11.4. The Kier molecular flexibility index (Phi) is 2.04. The Balaban J connectivity index is 1.65. The molecule has 0 radical (unpaired) electrons. The van der Waals surface area contributed by atoms with Gasteiger partial charge in [0.25, 0.3) is 0 Å². The van der Waals surface area contributed by atoms with Crippen molar-refractivity contribution in [1.29, 1.82) is 0 Å². The Morgan fingerprint density at radius 3 is 2.88 bits per heavy atom. The van der Waals surface area contributed by atoms with E-state index in [1.54, 1.807) is 0 Å². The van der Waals surface area contributed by atoms with Gasteiger partial charge in [-0.05, 0) is 36.2 Å². The second-order valence-corrected chi connectivity index (χ2v) is 5.71. The van der Waals surface area contributed by atoms with Gasteiger partial charge in [-0.15, -0.1) is 0 Å². The first kappa shape index (κ1) is 9.95. The van der Waals surface area contributed by atoms with Crippen LogP contribution in [-0.4, -0.2) is 11.7 Å². The third-order valence-electron chi connectivity index (χ3n) is 4.90. The minimum absolute atomic E-state index is 0.293. The van der Waals surface area contributed by atoms with Gasteiger partial charge in [0.2, 0.25) is 0 Å². The van der Waals surface area contributed by atoms with Crippen molar-refractivity contribution in [3.63, 3.8) is 0 Å². The summed E-state index contributed by atoms with van der Waals surface area (Å²) >= 11 is 0. The van der Waals surface area contributed by atoms with Crippen molar-refractivity contribution in [2.45, 2.75) is 31.8 Å². The first-order chi connectivity index (χ1) is 8.36. The quantitative estimate of drug-likeness (QED) is 0.846. The van der Waals surface area contributed by atoms with Gasteiger partial charge < -0.3 is 9.84 Å². The van der Waals surface area contributed by atoms with Crippen molar-refractivity contribution in [2.24, 2.45) is 17.8 Å². The molecule has 0 amide bonds. The Morgan fingerprint density at radius 1 is 1.24 bits per heavy atom. The van der Waals surface area contributed by atoms with Crippen molar-refractivity contribution < 1.29 is 9.84 Å².